The number of anilines is 1. The standard InChI is InChI=1S/C20H18N2O2S3/c1-13-3-7-15(8-4-13)21-18(23)12-26-16-9-5-14(6-10-16)11-17-19(24)22(2)20(25)27-17/h3-11H,12H2,1-2H3,(H,21,23). The van der Waals surface area contributed by atoms with Crippen LogP contribution in [0.3, 0.4) is 0 Å². The first kappa shape index (κ1) is 19.7. The molecular formula is C20H18N2O2S3. The maximum atomic E-state index is 12.1. The lowest BCUT2D eigenvalue weighted by molar-refractivity contribution is -0.121. The predicted octanol–water partition coefficient (Wildman–Crippen LogP) is 4.56. The smallest absolute Gasteiger partial charge is 0.265 e. The van der Waals surface area contributed by atoms with E-state index >= 15 is 0 Å². The number of thioether (sulfide) groups is 2. The van der Waals surface area contributed by atoms with E-state index in [-0.39, 0.29) is 11.8 Å². The Bertz CT molecular complexity index is 906. The Balaban J connectivity index is 1.55. The van der Waals surface area contributed by atoms with E-state index in [1.165, 1.54) is 28.4 Å². The summed E-state index contributed by atoms with van der Waals surface area (Å²) in [4.78, 5) is 27.2. The second-order valence-electron chi connectivity index (χ2n) is 6.01. The van der Waals surface area contributed by atoms with Crippen molar-refractivity contribution in [1.82, 2.24) is 4.90 Å². The van der Waals surface area contributed by atoms with E-state index in [0.717, 1.165) is 21.7 Å². The number of carbonyl (C=O) groups excluding carboxylic acids is 2. The second kappa shape index (κ2) is 8.73. The quantitative estimate of drug-likeness (QED) is 0.442. The van der Waals surface area contributed by atoms with Crippen molar-refractivity contribution in [3.8, 4) is 0 Å². The topological polar surface area (TPSA) is 49.4 Å². The molecule has 1 heterocycles. The first-order valence-electron chi connectivity index (χ1n) is 8.23. The van der Waals surface area contributed by atoms with Crippen molar-refractivity contribution in [3.63, 3.8) is 0 Å². The third kappa shape index (κ3) is 5.22. The van der Waals surface area contributed by atoms with Crippen LogP contribution in [0.2, 0.25) is 0 Å². The molecule has 138 valence electrons. The highest BCUT2D eigenvalue weighted by Gasteiger charge is 2.28. The number of amides is 2. The molecule has 0 spiro atoms. The molecule has 2 amide bonds. The molecule has 4 nitrogen and oxygen atoms in total. The summed E-state index contributed by atoms with van der Waals surface area (Å²) in [5.74, 6) is 0.220. The summed E-state index contributed by atoms with van der Waals surface area (Å²) in [6.45, 7) is 2.01. The van der Waals surface area contributed by atoms with Gasteiger partial charge in [0.1, 0.15) is 4.32 Å². The fraction of sp³-hybridized carbons (Fsp3) is 0.150. The molecule has 1 aliphatic rings. The minimum Gasteiger partial charge on any atom is -0.325 e. The van der Waals surface area contributed by atoms with E-state index < -0.39 is 0 Å². The second-order valence-corrected chi connectivity index (χ2v) is 8.74. The largest absolute Gasteiger partial charge is 0.325 e. The zero-order valence-electron chi connectivity index (χ0n) is 14.9. The molecule has 0 saturated carbocycles. The highest BCUT2D eigenvalue weighted by Crippen LogP contribution is 2.31. The highest BCUT2D eigenvalue weighted by molar-refractivity contribution is 8.26. The van der Waals surface area contributed by atoms with Gasteiger partial charge in [-0.3, -0.25) is 14.5 Å². The van der Waals surface area contributed by atoms with Crippen molar-refractivity contribution < 1.29 is 9.59 Å². The van der Waals surface area contributed by atoms with E-state index in [9.17, 15) is 9.59 Å². The van der Waals surface area contributed by atoms with Crippen LogP contribution in [0.15, 0.2) is 58.3 Å². The summed E-state index contributed by atoms with van der Waals surface area (Å²) in [6.07, 6.45) is 1.83. The van der Waals surface area contributed by atoms with Crippen LogP contribution >= 0.6 is 35.7 Å². The number of rotatable bonds is 5. The Morgan fingerprint density at radius 1 is 1.19 bits per heavy atom. The van der Waals surface area contributed by atoms with Crippen LogP contribution in [0, 0.1) is 6.92 Å². The average molecular weight is 415 g/mol. The molecular weight excluding hydrogens is 396 g/mol. The summed E-state index contributed by atoms with van der Waals surface area (Å²) in [6, 6.07) is 15.5. The Morgan fingerprint density at radius 3 is 2.44 bits per heavy atom. The molecule has 3 rings (SSSR count). The Hall–Kier alpha value is -2.09. The molecule has 0 atom stereocenters. The monoisotopic (exact) mass is 414 g/mol. The van der Waals surface area contributed by atoms with Gasteiger partial charge in [-0.05, 0) is 42.8 Å². The van der Waals surface area contributed by atoms with Crippen LogP contribution in [0.4, 0.5) is 5.69 Å². The van der Waals surface area contributed by atoms with E-state index in [4.69, 9.17) is 12.2 Å². The van der Waals surface area contributed by atoms with Crippen molar-refractivity contribution in [3.05, 3.63) is 64.6 Å². The van der Waals surface area contributed by atoms with Gasteiger partial charge in [0.05, 0.1) is 10.7 Å². The molecule has 1 aliphatic heterocycles. The summed E-state index contributed by atoms with van der Waals surface area (Å²) >= 11 is 7.91. The molecule has 1 N–H and O–H groups in total. The lowest BCUT2D eigenvalue weighted by Crippen LogP contribution is -2.22. The van der Waals surface area contributed by atoms with E-state index in [1.807, 2.05) is 61.5 Å². The fourth-order valence-corrected chi connectivity index (χ4v) is 4.22. The van der Waals surface area contributed by atoms with Gasteiger partial charge in [0, 0.05) is 17.6 Å². The van der Waals surface area contributed by atoms with Gasteiger partial charge in [-0.25, -0.2) is 0 Å². The molecule has 0 bridgehead atoms. The van der Waals surface area contributed by atoms with Crippen LogP contribution in [0.5, 0.6) is 0 Å². The van der Waals surface area contributed by atoms with Gasteiger partial charge in [-0.2, -0.15) is 0 Å². The summed E-state index contributed by atoms with van der Waals surface area (Å²) < 4.78 is 0.568. The van der Waals surface area contributed by atoms with Crippen LogP contribution in [-0.2, 0) is 9.59 Å². The van der Waals surface area contributed by atoms with Gasteiger partial charge in [0.15, 0.2) is 0 Å². The van der Waals surface area contributed by atoms with Crippen LogP contribution < -0.4 is 5.32 Å². The Kier molecular flexibility index (Phi) is 6.36. The van der Waals surface area contributed by atoms with Crippen molar-refractivity contribution >= 4 is 63.6 Å². The maximum absolute atomic E-state index is 12.1. The van der Waals surface area contributed by atoms with Gasteiger partial charge < -0.3 is 5.32 Å². The summed E-state index contributed by atoms with van der Waals surface area (Å²) in [5, 5.41) is 2.89. The molecule has 0 unspecified atom stereocenters. The van der Waals surface area contributed by atoms with Crippen LogP contribution in [-0.4, -0.2) is 33.8 Å². The summed E-state index contributed by atoms with van der Waals surface area (Å²) in [7, 11) is 1.68. The molecule has 1 fully saturated rings. The number of nitrogens with one attached hydrogen (secondary N) is 1. The molecule has 0 radical (unpaired) electrons. The maximum Gasteiger partial charge on any atom is 0.265 e. The van der Waals surface area contributed by atoms with Crippen molar-refractivity contribution in [2.75, 3.05) is 18.1 Å². The normalized spacial score (nSPS) is 15.5. The van der Waals surface area contributed by atoms with Gasteiger partial charge in [-0.1, -0.05) is 53.8 Å². The molecule has 2 aromatic rings. The molecule has 7 heteroatoms. The lowest BCUT2D eigenvalue weighted by Gasteiger charge is -2.06. The zero-order chi connectivity index (χ0) is 19.4. The first-order valence-corrected chi connectivity index (χ1v) is 10.4. The number of benzene rings is 2. The minimum atomic E-state index is -0.0729. The third-order valence-corrected chi connectivity index (χ3v) is 6.37. The van der Waals surface area contributed by atoms with Gasteiger partial charge in [0.2, 0.25) is 5.91 Å². The van der Waals surface area contributed by atoms with Crippen molar-refractivity contribution in [1.29, 1.82) is 0 Å². The SMILES string of the molecule is Cc1ccc(NC(=O)CSc2ccc(C=C3SC(=S)N(C)C3=O)cc2)cc1. The fourth-order valence-electron chi connectivity index (χ4n) is 2.34. The van der Waals surface area contributed by atoms with E-state index in [2.05, 4.69) is 5.32 Å². The number of hydrogen-bond acceptors (Lipinski definition) is 5. The number of nitrogens with zero attached hydrogens (tertiary/aromatic N) is 1. The van der Waals surface area contributed by atoms with Crippen LogP contribution in [0.1, 0.15) is 11.1 Å². The lowest BCUT2D eigenvalue weighted by atomic mass is 10.2. The number of hydrogen-bond donors (Lipinski definition) is 1. The van der Waals surface area contributed by atoms with Gasteiger partial charge >= 0.3 is 0 Å². The van der Waals surface area contributed by atoms with Crippen molar-refractivity contribution in [2.45, 2.75) is 11.8 Å². The summed E-state index contributed by atoms with van der Waals surface area (Å²) in [5.41, 5.74) is 2.88. The van der Waals surface area contributed by atoms with Gasteiger partial charge in [0.25, 0.3) is 5.91 Å². The zero-order valence-corrected chi connectivity index (χ0v) is 17.3. The van der Waals surface area contributed by atoms with E-state index in [0.29, 0.717) is 15.0 Å². The number of carbonyl (C=O) groups is 2. The number of likely N-dealkylation sites (N-methyl/N-ethyl adjacent to an activating group) is 1. The molecule has 1 saturated heterocycles. The minimum absolute atomic E-state index is 0.0421. The van der Waals surface area contributed by atoms with Crippen molar-refractivity contribution in [2.24, 2.45) is 0 Å². The molecule has 2 aromatic carbocycles. The van der Waals surface area contributed by atoms with Gasteiger partial charge in [-0.15, -0.1) is 11.8 Å². The van der Waals surface area contributed by atoms with Crippen LogP contribution in [0.25, 0.3) is 6.08 Å². The molecule has 0 aliphatic carbocycles. The highest BCUT2D eigenvalue weighted by atomic mass is 32.2. The Labute approximate surface area is 172 Å². The molecule has 0 aromatic heterocycles. The first-order chi connectivity index (χ1) is 12.9. The number of aryl methyl sites for hydroxylation is 1. The number of thiocarbonyl (C=S) groups is 1. The third-order valence-electron chi connectivity index (χ3n) is 3.87. The average Bonchev–Trinajstić information content (AvgIpc) is 2.90. The Morgan fingerprint density at radius 2 is 1.85 bits per heavy atom. The molecule has 27 heavy (non-hydrogen) atoms. The predicted molar refractivity (Wildman–Crippen MR) is 118 cm³/mol. The van der Waals surface area contributed by atoms with E-state index in [1.54, 1.807) is 7.05 Å².